The fraction of sp³-hybridized carbons (Fsp3) is 0.294. The molecule has 2 N–H and O–H groups in total. The quantitative estimate of drug-likeness (QED) is 0.730. The van der Waals surface area contributed by atoms with Crippen LogP contribution in [0.3, 0.4) is 0 Å². The van der Waals surface area contributed by atoms with Crippen LogP contribution in [-0.2, 0) is 16.1 Å². The van der Waals surface area contributed by atoms with Gasteiger partial charge in [0, 0.05) is 25.8 Å². The lowest BCUT2D eigenvalue weighted by Gasteiger charge is -2.07. The average Bonchev–Trinajstić information content (AvgIpc) is 3.06. The van der Waals surface area contributed by atoms with Gasteiger partial charge < -0.3 is 15.4 Å². The van der Waals surface area contributed by atoms with Crippen molar-refractivity contribution in [3.8, 4) is 0 Å². The Bertz CT molecular complexity index is 641. The Kier molecular flexibility index (Phi) is 6.77. The SMILES string of the molecule is COCc1cccc(NC(=O)CCCNC(=O)c2cccs2)c1. The molecule has 23 heavy (non-hydrogen) atoms. The molecule has 0 saturated heterocycles. The van der Waals surface area contributed by atoms with E-state index in [-0.39, 0.29) is 11.8 Å². The average molecular weight is 332 g/mol. The maximum atomic E-state index is 11.9. The summed E-state index contributed by atoms with van der Waals surface area (Å²) >= 11 is 1.40. The van der Waals surface area contributed by atoms with Crippen molar-refractivity contribution < 1.29 is 14.3 Å². The van der Waals surface area contributed by atoms with Gasteiger partial charge in [0.05, 0.1) is 11.5 Å². The summed E-state index contributed by atoms with van der Waals surface area (Å²) in [7, 11) is 1.63. The second-order valence-corrected chi connectivity index (χ2v) is 5.97. The summed E-state index contributed by atoms with van der Waals surface area (Å²) < 4.78 is 5.07. The van der Waals surface area contributed by atoms with Gasteiger partial charge in [0.2, 0.25) is 5.91 Å². The first-order valence-electron chi connectivity index (χ1n) is 7.38. The highest BCUT2D eigenvalue weighted by atomic mass is 32.1. The molecule has 1 aromatic carbocycles. The van der Waals surface area contributed by atoms with Gasteiger partial charge in [0.15, 0.2) is 0 Å². The van der Waals surface area contributed by atoms with Gasteiger partial charge in [-0.1, -0.05) is 18.2 Å². The van der Waals surface area contributed by atoms with E-state index in [9.17, 15) is 9.59 Å². The molecule has 0 atom stereocenters. The number of ether oxygens (including phenoxy) is 1. The maximum Gasteiger partial charge on any atom is 0.261 e. The lowest BCUT2D eigenvalue weighted by molar-refractivity contribution is -0.116. The van der Waals surface area contributed by atoms with Crippen LogP contribution in [0, 0.1) is 0 Å². The Labute approximate surface area is 139 Å². The molecule has 0 aliphatic carbocycles. The summed E-state index contributed by atoms with van der Waals surface area (Å²) in [6.07, 6.45) is 0.958. The number of thiophene rings is 1. The number of benzene rings is 1. The first-order chi connectivity index (χ1) is 11.2. The van der Waals surface area contributed by atoms with E-state index in [1.807, 2.05) is 35.7 Å². The molecule has 2 rings (SSSR count). The van der Waals surface area contributed by atoms with Crippen molar-refractivity contribution in [2.75, 3.05) is 19.0 Å². The predicted octanol–water partition coefficient (Wildman–Crippen LogP) is 3.04. The van der Waals surface area contributed by atoms with Crippen molar-refractivity contribution in [2.45, 2.75) is 19.4 Å². The van der Waals surface area contributed by atoms with Crippen LogP contribution in [0.2, 0.25) is 0 Å². The number of carbonyl (C=O) groups excluding carboxylic acids is 2. The number of rotatable bonds is 8. The fourth-order valence-electron chi connectivity index (χ4n) is 2.07. The van der Waals surface area contributed by atoms with E-state index in [1.54, 1.807) is 13.2 Å². The second kappa shape index (κ2) is 9.07. The lowest BCUT2D eigenvalue weighted by Crippen LogP contribution is -2.24. The third kappa shape index (κ3) is 5.84. The van der Waals surface area contributed by atoms with Crippen molar-refractivity contribution in [1.82, 2.24) is 5.32 Å². The fourth-order valence-corrected chi connectivity index (χ4v) is 2.71. The summed E-state index contributed by atoms with van der Waals surface area (Å²) in [6, 6.07) is 11.2. The third-order valence-electron chi connectivity index (χ3n) is 3.13. The number of carbonyl (C=O) groups is 2. The molecule has 0 aliphatic heterocycles. The van der Waals surface area contributed by atoms with Gasteiger partial charge in [-0.3, -0.25) is 9.59 Å². The van der Waals surface area contributed by atoms with E-state index < -0.39 is 0 Å². The summed E-state index contributed by atoms with van der Waals surface area (Å²) in [5.74, 6) is -0.155. The molecule has 2 aromatic rings. The van der Waals surface area contributed by atoms with Crippen LogP contribution in [0.15, 0.2) is 41.8 Å². The number of anilines is 1. The van der Waals surface area contributed by atoms with Crippen LogP contribution in [0.4, 0.5) is 5.69 Å². The van der Waals surface area contributed by atoms with E-state index >= 15 is 0 Å². The summed E-state index contributed by atoms with van der Waals surface area (Å²) in [5, 5.41) is 7.52. The summed E-state index contributed by atoms with van der Waals surface area (Å²) in [4.78, 5) is 24.3. The van der Waals surface area contributed by atoms with Gasteiger partial charge in [-0.15, -0.1) is 11.3 Å². The van der Waals surface area contributed by atoms with Gasteiger partial charge in [-0.05, 0) is 35.6 Å². The molecular weight excluding hydrogens is 312 g/mol. The Morgan fingerprint density at radius 1 is 1.22 bits per heavy atom. The van der Waals surface area contributed by atoms with E-state index in [0.29, 0.717) is 30.9 Å². The molecule has 0 aliphatic rings. The van der Waals surface area contributed by atoms with Crippen LogP contribution < -0.4 is 10.6 Å². The highest BCUT2D eigenvalue weighted by Gasteiger charge is 2.07. The standard InChI is InChI=1S/C17H20N2O3S/c1-22-12-13-5-2-6-14(11-13)19-16(20)8-3-9-18-17(21)15-7-4-10-23-15/h2,4-7,10-11H,3,8-9,12H2,1H3,(H,18,21)(H,19,20). The number of nitrogens with one attached hydrogen (secondary N) is 2. The zero-order valence-corrected chi connectivity index (χ0v) is 13.8. The monoisotopic (exact) mass is 332 g/mol. The Morgan fingerprint density at radius 3 is 2.83 bits per heavy atom. The second-order valence-electron chi connectivity index (χ2n) is 5.02. The molecule has 0 unspecified atom stereocenters. The molecule has 1 heterocycles. The van der Waals surface area contributed by atoms with Gasteiger partial charge in [-0.2, -0.15) is 0 Å². The van der Waals surface area contributed by atoms with Gasteiger partial charge >= 0.3 is 0 Å². The molecule has 6 heteroatoms. The molecule has 5 nitrogen and oxygen atoms in total. The largest absolute Gasteiger partial charge is 0.380 e. The molecular formula is C17H20N2O3S. The van der Waals surface area contributed by atoms with Crippen molar-refractivity contribution in [2.24, 2.45) is 0 Å². The summed E-state index contributed by atoms with van der Waals surface area (Å²) in [5.41, 5.74) is 1.76. The van der Waals surface area contributed by atoms with Gasteiger partial charge in [-0.25, -0.2) is 0 Å². The minimum absolute atomic E-state index is 0.0649. The number of hydrogen-bond donors (Lipinski definition) is 2. The highest BCUT2D eigenvalue weighted by molar-refractivity contribution is 7.12. The topological polar surface area (TPSA) is 67.4 Å². The molecule has 0 bridgehead atoms. The molecule has 0 fully saturated rings. The van der Waals surface area contributed by atoms with Crippen LogP contribution in [0.1, 0.15) is 28.1 Å². The molecule has 0 saturated carbocycles. The molecule has 122 valence electrons. The maximum absolute atomic E-state index is 11.9. The summed E-state index contributed by atoms with van der Waals surface area (Å²) in [6.45, 7) is 0.992. The Morgan fingerprint density at radius 2 is 2.09 bits per heavy atom. The smallest absolute Gasteiger partial charge is 0.261 e. The van der Waals surface area contributed by atoms with Crippen LogP contribution in [0.25, 0.3) is 0 Å². The van der Waals surface area contributed by atoms with Crippen LogP contribution >= 0.6 is 11.3 Å². The third-order valence-corrected chi connectivity index (χ3v) is 4.00. The molecule has 0 radical (unpaired) electrons. The van der Waals surface area contributed by atoms with Gasteiger partial charge in [0.1, 0.15) is 0 Å². The normalized spacial score (nSPS) is 10.3. The van der Waals surface area contributed by atoms with Crippen LogP contribution in [0.5, 0.6) is 0 Å². The van der Waals surface area contributed by atoms with Crippen molar-refractivity contribution in [3.63, 3.8) is 0 Å². The van der Waals surface area contributed by atoms with E-state index in [2.05, 4.69) is 10.6 Å². The molecule has 2 amide bonds. The lowest BCUT2D eigenvalue weighted by atomic mass is 10.2. The molecule has 0 spiro atoms. The zero-order valence-electron chi connectivity index (χ0n) is 13.0. The predicted molar refractivity (Wildman–Crippen MR) is 91.7 cm³/mol. The Hall–Kier alpha value is -2.18. The zero-order chi connectivity index (χ0) is 16.5. The number of hydrogen-bond acceptors (Lipinski definition) is 4. The van der Waals surface area contributed by atoms with E-state index in [0.717, 1.165) is 11.3 Å². The van der Waals surface area contributed by atoms with Crippen molar-refractivity contribution in [3.05, 3.63) is 52.2 Å². The van der Waals surface area contributed by atoms with Crippen molar-refractivity contribution in [1.29, 1.82) is 0 Å². The first-order valence-corrected chi connectivity index (χ1v) is 8.26. The highest BCUT2D eigenvalue weighted by Crippen LogP contribution is 2.12. The van der Waals surface area contributed by atoms with Gasteiger partial charge in [0.25, 0.3) is 5.91 Å². The van der Waals surface area contributed by atoms with Crippen molar-refractivity contribution >= 4 is 28.8 Å². The first kappa shape index (κ1) is 17.2. The number of amides is 2. The Balaban J connectivity index is 1.69. The van der Waals surface area contributed by atoms with E-state index in [1.165, 1.54) is 11.3 Å². The molecule has 1 aromatic heterocycles. The van der Waals surface area contributed by atoms with E-state index in [4.69, 9.17) is 4.74 Å². The minimum atomic E-state index is -0.0901. The minimum Gasteiger partial charge on any atom is -0.380 e. The van der Waals surface area contributed by atoms with Crippen LogP contribution in [-0.4, -0.2) is 25.5 Å². The number of methoxy groups -OCH3 is 1.